The van der Waals surface area contributed by atoms with Crippen LogP contribution in [0.2, 0.25) is 0 Å². The Balaban J connectivity index is 1.55. The van der Waals surface area contributed by atoms with Crippen molar-refractivity contribution in [2.24, 2.45) is 12.5 Å². The lowest BCUT2D eigenvalue weighted by molar-refractivity contribution is 0.0108. The lowest BCUT2D eigenvalue weighted by Crippen LogP contribution is -2.51. The Labute approximate surface area is 195 Å². The number of hydrogen-bond acceptors (Lipinski definition) is 6. The fourth-order valence-electron chi connectivity index (χ4n) is 5.35. The minimum absolute atomic E-state index is 0.00958. The predicted molar refractivity (Wildman–Crippen MR) is 128 cm³/mol. The van der Waals surface area contributed by atoms with E-state index in [0.717, 1.165) is 37.8 Å². The van der Waals surface area contributed by atoms with Gasteiger partial charge in [-0.1, -0.05) is 6.92 Å². The lowest BCUT2D eigenvalue weighted by atomic mass is 9.70. The first kappa shape index (κ1) is 23.3. The summed E-state index contributed by atoms with van der Waals surface area (Å²) in [5.41, 5.74) is 0.950. The van der Waals surface area contributed by atoms with Crippen molar-refractivity contribution in [1.82, 2.24) is 19.4 Å². The van der Waals surface area contributed by atoms with Crippen LogP contribution in [0.3, 0.4) is 0 Å². The number of carbonyl (C=O) groups excluding carboxylic acids is 1. The third-order valence-corrected chi connectivity index (χ3v) is 7.16. The van der Waals surface area contributed by atoms with Gasteiger partial charge in [-0.2, -0.15) is 0 Å². The summed E-state index contributed by atoms with van der Waals surface area (Å²) < 4.78 is 7.28. The van der Waals surface area contributed by atoms with Gasteiger partial charge >= 0.3 is 6.09 Å². The maximum absolute atomic E-state index is 12.8. The molecule has 2 fully saturated rings. The summed E-state index contributed by atoms with van der Waals surface area (Å²) in [7, 11) is 3.79. The molecule has 8 heteroatoms. The number of ether oxygens (including phenoxy) is 1. The Kier molecular flexibility index (Phi) is 5.97. The number of fused-ring (bicyclic) bond motifs is 1. The second-order valence-electron chi connectivity index (χ2n) is 10.7. The van der Waals surface area contributed by atoms with Gasteiger partial charge in [0.05, 0.1) is 5.69 Å². The molecule has 0 bridgehead atoms. The van der Waals surface area contributed by atoms with Gasteiger partial charge in [-0.25, -0.2) is 9.78 Å². The van der Waals surface area contributed by atoms with Gasteiger partial charge in [0.25, 0.3) is 5.56 Å². The number of pyridine rings is 1. The summed E-state index contributed by atoms with van der Waals surface area (Å²) in [6.07, 6.45) is 6.91. The predicted octanol–water partition coefficient (Wildman–Crippen LogP) is 3.85. The molecule has 0 N–H and O–H groups in total. The minimum atomic E-state index is -0.496. The molecule has 2 aromatic heterocycles. The highest BCUT2D eigenvalue weighted by Gasteiger charge is 2.50. The van der Waals surface area contributed by atoms with Crippen molar-refractivity contribution >= 4 is 12.0 Å². The third-order valence-electron chi connectivity index (χ3n) is 7.16. The molecule has 4 rings (SSSR count). The van der Waals surface area contributed by atoms with Gasteiger partial charge in [0.15, 0.2) is 0 Å². The van der Waals surface area contributed by atoms with E-state index in [1.165, 1.54) is 0 Å². The second-order valence-corrected chi connectivity index (χ2v) is 10.7. The van der Waals surface area contributed by atoms with Crippen molar-refractivity contribution in [3.63, 3.8) is 0 Å². The maximum Gasteiger partial charge on any atom is 0.410 e. The number of anilines is 1. The van der Waals surface area contributed by atoms with Crippen LogP contribution in [-0.2, 0) is 11.8 Å². The zero-order chi connectivity index (χ0) is 24.0. The molecule has 2 aromatic rings. The Morgan fingerprint density at radius 3 is 2.61 bits per heavy atom. The first-order valence-electron chi connectivity index (χ1n) is 11.7. The molecule has 178 valence electrons. The van der Waals surface area contributed by atoms with Crippen LogP contribution in [0.5, 0.6) is 0 Å². The first-order chi connectivity index (χ1) is 15.5. The third kappa shape index (κ3) is 4.61. The van der Waals surface area contributed by atoms with Crippen LogP contribution < -0.4 is 10.5 Å². The summed E-state index contributed by atoms with van der Waals surface area (Å²) in [5.74, 6) is 0.656. The summed E-state index contributed by atoms with van der Waals surface area (Å²) in [5, 5.41) is 0. The molecule has 0 spiro atoms. The van der Waals surface area contributed by atoms with Crippen molar-refractivity contribution in [2.45, 2.75) is 71.1 Å². The molecule has 1 saturated heterocycles. The number of likely N-dealkylation sites (tertiary alicyclic amines) is 1. The molecule has 0 aromatic carbocycles. The van der Waals surface area contributed by atoms with Gasteiger partial charge in [-0.15, -0.1) is 0 Å². The normalized spacial score (nSPS) is 25.0. The average molecular weight is 454 g/mol. The van der Waals surface area contributed by atoms with E-state index < -0.39 is 5.60 Å². The molecule has 1 aliphatic heterocycles. The van der Waals surface area contributed by atoms with E-state index in [-0.39, 0.29) is 29.2 Å². The van der Waals surface area contributed by atoms with Crippen molar-refractivity contribution in [3.05, 3.63) is 40.9 Å². The molecule has 2 aliphatic rings. The Morgan fingerprint density at radius 2 is 1.94 bits per heavy atom. The monoisotopic (exact) mass is 453 g/mol. The van der Waals surface area contributed by atoms with Gasteiger partial charge < -0.3 is 14.5 Å². The van der Waals surface area contributed by atoms with E-state index in [4.69, 9.17) is 9.72 Å². The Morgan fingerprint density at radius 1 is 1.24 bits per heavy atom. The molecule has 0 unspecified atom stereocenters. The summed E-state index contributed by atoms with van der Waals surface area (Å²) in [6, 6.07) is 5.71. The summed E-state index contributed by atoms with van der Waals surface area (Å²) in [4.78, 5) is 38.5. The van der Waals surface area contributed by atoms with Gasteiger partial charge in [0, 0.05) is 56.7 Å². The number of nitrogens with zero attached hydrogens (tertiary/aromatic N) is 5. The molecule has 3 heterocycles. The molecule has 1 aliphatic carbocycles. The van der Waals surface area contributed by atoms with Crippen LogP contribution in [0, 0.1) is 5.41 Å². The Hall–Kier alpha value is -2.90. The lowest BCUT2D eigenvalue weighted by Gasteiger charge is -2.45. The van der Waals surface area contributed by atoms with Crippen LogP contribution in [0.15, 0.2) is 35.4 Å². The fraction of sp³-hybridized carbons (Fsp3) is 0.600. The molecular weight excluding hydrogens is 418 g/mol. The standard InChI is InChI=1S/C25H35N5O3/c1-24(2,3)33-23(32)30-14-11-25(4)16-18(7-8-20(25)30)28(5)22-27-19(15-21(31)29(22)6)17-9-12-26-13-10-17/h9-10,12-13,15,18,20H,7-8,11,14,16H2,1-6H3/t18-,20-,25+/m1/s1. The van der Waals surface area contributed by atoms with Crippen LogP contribution >= 0.6 is 0 Å². The van der Waals surface area contributed by atoms with Gasteiger partial charge in [0.1, 0.15) is 5.60 Å². The maximum atomic E-state index is 12.8. The molecule has 3 atom stereocenters. The van der Waals surface area contributed by atoms with Crippen molar-refractivity contribution in [1.29, 1.82) is 0 Å². The van der Waals surface area contributed by atoms with Gasteiger partial charge in [-0.05, 0) is 64.0 Å². The highest BCUT2D eigenvalue weighted by molar-refractivity contribution is 5.69. The summed E-state index contributed by atoms with van der Waals surface area (Å²) in [6.45, 7) is 8.72. The van der Waals surface area contributed by atoms with E-state index in [9.17, 15) is 9.59 Å². The topological polar surface area (TPSA) is 80.6 Å². The Bertz CT molecular complexity index is 1080. The molecule has 1 saturated carbocycles. The average Bonchev–Trinajstić information content (AvgIpc) is 3.11. The number of carbonyl (C=O) groups is 1. The van der Waals surface area contributed by atoms with Crippen molar-refractivity contribution in [2.75, 3.05) is 18.5 Å². The van der Waals surface area contributed by atoms with E-state index in [1.54, 1.807) is 30.1 Å². The SMILES string of the molecule is CN(c1nc(-c2ccncc2)cc(=O)n1C)[C@@H]1CC[C@H]2N(C(=O)OC(C)(C)C)CC[C@@]2(C)C1. The second kappa shape index (κ2) is 8.47. The molecule has 1 amide bonds. The smallest absolute Gasteiger partial charge is 0.410 e. The summed E-state index contributed by atoms with van der Waals surface area (Å²) >= 11 is 0. The van der Waals surface area contributed by atoms with Crippen LogP contribution in [-0.4, -0.2) is 56.8 Å². The molecule has 8 nitrogen and oxygen atoms in total. The van der Waals surface area contributed by atoms with Crippen LogP contribution in [0.4, 0.5) is 10.7 Å². The quantitative estimate of drug-likeness (QED) is 0.702. The molecular formula is C25H35N5O3. The zero-order valence-corrected chi connectivity index (χ0v) is 20.5. The number of aromatic nitrogens is 3. The number of hydrogen-bond donors (Lipinski definition) is 0. The molecule has 0 radical (unpaired) electrons. The fourth-order valence-corrected chi connectivity index (χ4v) is 5.35. The van der Waals surface area contributed by atoms with E-state index >= 15 is 0 Å². The van der Waals surface area contributed by atoms with Crippen LogP contribution in [0.25, 0.3) is 11.3 Å². The van der Waals surface area contributed by atoms with Gasteiger partial charge in [0.2, 0.25) is 5.95 Å². The minimum Gasteiger partial charge on any atom is -0.444 e. The van der Waals surface area contributed by atoms with E-state index in [2.05, 4.69) is 16.8 Å². The highest BCUT2D eigenvalue weighted by atomic mass is 16.6. The first-order valence-corrected chi connectivity index (χ1v) is 11.7. The molecule has 33 heavy (non-hydrogen) atoms. The number of amides is 1. The van der Waals surface area contributed by atoms with Crippen LogP contribution in [0.1, 0.15) is 53.4 Å². The van der Waals surface area contributed by atoms with E-state index in [1.807, 2.05) is 44.9 Å². The van der Waals surface area contributed by atoms with E-state index in [0.29, 0.717) is 11.6 Å². The van der Waals surface area contributed by atoms with Crippen molar-refractivity contribution < 1.29 is 9.53 Å². The number of rotatable bonds is 3. The highest BCUT2D eigenvalue weighted by Crippen LogP contribution is 2.48. The van der Waals surface area contributed by atoms with Gasteiger partial charge in [-0.3, -0.25) is 14.3 Å². The largest absolute Gasteiger partial charge is 0.444 e. The zero-order valence-electron chi connectivity index (χ0n) is 20.5. The van der Waals surface area contributed by atoms with Crippen molar-refractivity contribution in [3.8, 4) is 11.3 Å².